The number of carbonyl (C=O) groups is 2. The van der Waals surface area contributed by atoms with Crippen molar-refractivity contribution in [1.82, 2.24) is 10.2 Å². The van der Waals surface area contributed by atoms with Crippen LogP contribution in [0.1, 0.15) is 53.4 Å². The van der Waals surface area contributed by atoms with Gasteiger partial charge in [-0.25, -0.2) is 0 Å². The van der Waals surface area contributed by atoms with Crippen molar-refractivity contribution in [2.45, 2.75) is 71.1 Å². The molecular formula is C16H28N2O3. The first-order valence-electron chi connectivity index (χ1n) is 7.87. The number of amides is 2. The predicted octanol–water partition coefficient (Wildman–Crippen LogP) is 1.71. The zero-order valence-corrected chi connectivity index (χ0v) is 13.9. The normalized spacial score (nSPS) is 27.1. The molecule has 0 aromatic heterocycles. The van der Waals surface area contributed by atoms with Crippen molar-refractivity contribution in [3.05, 3.63) is 0 Å². The molecule has 120 valence electrons. The van der Waals surface area contributed by atoms with E-state index in [2.05, 4.69) is 5.32 Å². The van der Waals surface area contributed by atoms with Crippen LogP contribution in [-0.4, -0.2) is 48.1 Å². The number of nitrogens with zero attached hydrogens (tertiary/aromatic N) is 1. The lowest BCUT2D eigenvalue weighted by Crippen LogP contribution is -2.72. The fourth-order valence-corrected chi connectivity index (χ4v) is 3.46. The highest BCUT2D eigenvalue weighted by Crippen LogP contribution is 2.40. The molecule has 1 aliphatic heterocycles. The Balaban J connectivity index is 2.35. The van der Waals surface area contributed by atoms with Crippen molar-refractivity contribution in [1.29, 1.82) is 0 Å². The number of piperazine rings is 1. The van der Waals surface area contributed by atoms with Gasteiger partial charge < -0.3 is 15.0 Å². The van der Waals surface area contributed by atoms with Gasteiger partial charge in [0.15, 0.2) is 0 Å². The molecule has 1 saturated carbocycles. The van der Waals surface area contributed by atoms with Crippen LogP contribution in [0.3, 0.4) is 0 Å². The van der Waals surface area contributed by atoms with E-state index in [1.165, 1.54) is 0 Å². The summed E-state index contributed by atoms with van der Waals surface area (Å²) in [6, 6.07) is -0.458. The fraction of sp³-hybridized carbons (Fsp3) is 0.875. The van der Waals surface area contributed by atoms with Gasteiger partial charge >= 0.3 is 0 Å². The molecule has 2 atom stereocenters. The summed E-state index contributed by atoms with van der Waals surface area (Å²) in [7, 11) is 1.64. The smallest absolute Gasteiger partial charge is 0.246 e. The summed E-state index contributed by atoms with van der Waals surface area (Å²) in [5, 5.41) is 2.99. The Morgan fingerprint density at radius 1 is 1.33 bits per heavy atom. The van der Waals surface area contributed by atoms with Crippen molar-refractivity contribution in [2.75, 3.05) is 13.7 Å². The van der Waals surface area contributed by atoms with Gasteiger partial charge in [-0.1, -0.05) is 33.6 Å². The van der Waals surface area contributed by atoms with E-state index in [9.17, 15) is 9.59 Å². The second-order valence-electron chi connectivity index (χ2n) is 7.51. The van der Waals surface area contributed by atoms with E-state index in [-0.39, 0.29) is 23.3 Å². The lowest BCUT2D eigenvalue weighted by molar-refractivity contribution is -0.162. The van der Waals surface area contributed by atoms with E-state index in [0.717, 1.165) is 25.7 Å². The second-order valence-corrected chi connectivity index (χ2v) is 7.51. The molecule has 0 aromatic carbocycles. The Kier molecular flexibility index (Phi) is 4.34. The number of methoxy groups -OCH3 is 1. The molecule has 0 aromatic rings. The Labute approximate surface area is 127 Å². The molecule has 21 heavy (non-hydrogen) atoms. The quantitative estimate of drug-likeness (QED) is 0.862. The first kappa shape index (κ1) is 16.3. The molecule has 2 amide bonds. The summed E-state index contributed by atoms with van der Waals surface area (Å²) in [4.78, 5) is 27.5. The molecule has 1 N–H and O–H groups in total. The zero-order chi connectivity index (χ0) is 15.8. The molecule has 5 nitrogen and oxygen atoms in total. The van der Waals surface area contributed by atoms with Crippen LogP contribution in [0.25, 0.3) is 0 Å². The maximum atomic E-state index is 13.0. The van der Waals surface area contributed by atoms with E-state index in [1.807, 2.05) is 32.6 Å². The molecule has 2 unspecified atom stereocenters. The lowest BCUT2D eigenvalue weighted by atomic mass is 9.80. The monoisotopic (exact) mass is 296 g/mol. The molecule has 1 spiro atoms. The zero-order valence-electron chi connectivity index (χ0n) is 13.9. The average molecular weight is 296 g/mol. The van der Waals surface area contributed by atoms with Gasteiger partial charge in [0.25, 0.3) is 0 Å². The van der Waals surface area contributed by atoms with Gasteiger partial charge in [0.1, 0.15) is 11.6 Å². The van der Waals surface area contributed by atoms with Gasteiger partial charge in [-0.2, -0.15) is 0 Å². The molecule has 0 radical (unpaired) electrons. The third-order valence-electron chi connectivity index (χ3n) is 4.87. The largest absolute Gasteiger partial charge is 0.380 e. The summed E-state index contributed by atoms with van der Waals surface area (Å²) >= 11 is 0. The maximum absolute atomic E-state index is 13.0. The third kappa shape index (κ3) is 2.80. The van der Waals surface area contributed by atoms with Gasteiger partial charge in [0.05, 0.1) is 6.10 Å². The van der Waals surface area contributed by atoms with Crippen LogP contribution < -0.4 is 5.32 Å². The van der Waals surface area contributed by atoms with Gasteiger partial charge in [-0.05, 0) is 25.2 Å². The van der Waals surface area contributed by atoms with E-state index in [4.69, 9.17) is 4.74 Å². The van der Waals surface area contributed by atoms with Crippen molar-refractivity contribution in [3.63, 3.8) is 0 Å². The van der Waals surface area contributed by atoms with Crippen LogP contribution >= 0.6 is 0 Å². The van der Waals surface area contributed by atoms with E-state index < -0.39 is 11.6 Å². The van der Waals surface area contributed by atoms with Crippen LogP contribution in [0, 0.1) is 5.41 Å². The standard InChI is InChI=1S/C16H28N2O3/c1-11(21-5)10-18-13(19)12(15(2,3)4)17-14(20)16(18)8-6-7-9-16/h11-12H,6-10H2,1-5H3,(H,17,20). The molecule has 1 aliphatic carbocycles. The van der Waals surface area contributed by atoms with Crippen molar-refractivity contribution >= 4 is 11.8 Å². The average Bonchev–Trinajstić information content (AvgIpc) is 2.88. The Morgan fingerprint density at radius 2 is 1.90 bits per heavy atom. The third-order valence-corrected chi connectivity index (χ3v) is 4.87. The molecule has 1 saturated heterocycles. The highest BCUT2D eigenvalue weighted by molar-refractivity contribution is 6.00. The van der Waals surface area contributed by atoms with Crippen LogP contribution in [-0.2, 0) is 14.3 Å². The number of carbonyl (C=O) groups excluding carboxylic acids is 2. The fourth-order valence-electron chi connectivity index (χ4n) is 3.46. The Morgan fingerprint density at radius 3 is 2.38 bits per heavy atom. The summed E-state index contributed by atoms with van der Waals surface area (Å²) in [5.74, 6) is 0.0516. The first-order valence-corrected chi connectivity index (χ1v) is 7.87. The molecule has 5 heteroatoms. The highest BCUT2D eigenvalue weighted by atomic mass is 16.5. The van der Waals surface area contributed by atoms with E-state index in [1.54, 1.807) is 7.11 Å². The molecular weight excluding hydrogens is 268 g/mol. The first-order chi connectivity index (χ1) is 9.72. The summed E-state index contributed by atoms with van der Waals surface area (Å²) in [6.45, 7) is 8.38. The van der Waals surface area contributed by atoms with Crippen molar-refractivity contribution < 1.29 is 14.3 Å². The minimum absolute atomic E-state index is 0.0165. The predicted molar refractivity (Wildman–Crippen MR) is 80.8 cm³/mol. The molecule has 2 rings (SSSR count). The van der Waals surface area contributed by atoms with Crippen LogP contribution in [0.5, 0.6) is 0 Å². The van der Waals surface area contributed by atoms with Gasteiger partial charge in [0.2, 0.25) is 11.8 Å². The Hall–Kier alpha value is -1.10. The number of hydrogen-bond donors (Lipinski definition) is 1. The maximum Gasteiger partial charge on any atom is 0.246 e. The number of hydrogen-bond acceptors (Lipinski definition) is 3. The number of rotatable bonds is 3. The summed E-state index contributed by atoms with van der Waals surface area (Å²) < 4.78 is 5.33. The molecule has 0 bridgehead atoms. The van der Waals surface area contributed by atoms with E-state index >= 15 is 0 Å². The topological polar surface area (TPSA) is 58.6 Å². The summed E-state index contributed by atoms with van der Waals surface area (Å²) in [5.41, 5.74) is -0.937. The van der Waals surface area contributed by atoms with Crippen LogP contribution in [0.2, 0.25) is 0 Å². The minimum atomic E-state index is -0.647. The molecule has 2 aliphatic rings. The molecule has 2 fully saturated rings. The van der Waals surface area contributed by atoms with Crippen LogP contribution in [0.4, 0.5) is 0 Å². The minimum Gasteiger partial charge on any atom is -0.380 e. The SMILES string of the molecule is COC(C)CN1C(=O)C(C(C)(C)C)NC(=O)C12CCCC2. The Bertz CT molecular complexity index is 422. The number of ether oxygens (including phenoxy) is 1. The van der Waals surface area contributed by atoms with E-state index in [0.29, 0.717) is 6.54 Å². The van der Waals surface area contributed by atoms with Gasteiger partial charge in [0, 0.05) is 13.7 Å². The summed E-state index contributed by atoms with van der Waals surface area (Å²) in [6.07, 6.45) is 3.45. The lowest BCUT2D eigenvalue weighted by Gasteiger charge is -2.49. The second kappa shape index (κ2) is 5.59. The van der Waals surface area contributed by atoms with Crippen molar-refractivity contribution in [3.8, 4) is 0 Å². The van der Waals surface area contributed by atoms with Crippen LogP contribution in [0.15, 0.2) is 0 Å². The van der Waals surface area contributed by atoms with Gasteiger partial charge in [-0.3, -0.25) is 9.59 Å². The highest BCUT2D eigenvalue weighted by Gasteiger charge is 2.55. The van der Waals surface area contributed by atoms with Crippen molar-refractivity contribution in [2.24, 2.45) is 5.41 Å². The number of nitrogens with one attached hydrogen (secondary N) is 1. The molecule has 1 heterocycles. The van der Waals surface area contributed by atoms with Gasteiger partial charge in [-0.15, -0.1) is 0 Å².